The van der Waals surface area contributed by atoms with E-state index in [1.165, 1.54) is 6.08 Å². The minimum Gasteiger partial charge on any atom is -0.462 e. The molecule has 3 aliphatic rings. The second-order valence-electron chi connectivity index (χ2n) is 8.21. The van der Waals surface area contributed by atoms with Gasteiger partial charge in [-0.15, -0.1) is 0 Å². The average molecular weight is 386 g/mol. The van der Waals surface area contributed by atoms with Gasteiger partial charge in [0.05, 0.1) is 12.5 Å². The molecular formula is C20H28F2O5. The Bertz CT molecular complexity index is 583. The highest BCUT2D eigenvalue weighted by atomic mass is 19.3. The number of esters is 1. The summed E-state index contributed by atoms with van der Waals surface area (Å²) in [4.78, 5) is 23.6. The first-order chi connectivity index (χ1) is 12.8. The van der Waals surface area contributed by atoms with Gasteiger partial charge in [-0.05, 0) is 31.3 Å². The smallest absolute Gasteiger partial charge is 0.309 e. The summed E-state index contributed by atoms with van der Waals surface area (Å²) in [6, 6.07) is 0. The van der Waals surface area contributed by atoms with Crippen LogP contribution in [0.5, 0.6) is 0 Å². The molecule has 0 radical (unpaired) electrons. The highest BCUT2D eigenvalue weighted by Crippen LogP contribution is 2.44. The molecule has 0 aromatic carbocycles. The van der Waals surface area contributed by atoms with Gasteiger partial charge in [-0.25, -0.2) is 0 Å². The third-order valence-electron chi connectivity index (χ3n) is 5.51. The van der Waals surface area contributed by atoms with Crippen LogP contribution in [0.15, 0.2) is 12.2 Å². The van der Waals surface area contributed by atoms with Gasteiger partial charge in [-0.2, -0.15) is 8.78 Å². The van der Waals surface area contributed by atoms with E-state index in [1.54, 1.807) is 13.8 Å². The Balaban J connectivity index is 1.69. The predicted molar refractivity (Wildman–Crippen MR) is 93.1 cm³/mol. The van der Waals surface area contributed by atoms with Gasteiger partial charge in [-0.3, -0.25) is 9.59 Å². The van der Waals surface area contributed by atoms with Crippen LogP contribution in [-0.4, -0.2) is 42.8 Å². The van der Waals surface area contributed by atoms with E-state index in [0.717, 1.165) is 25.3 Å². The fourth-order valence-electron chi connectivity index (χ4n) is 4.26. The molecule has 3 rings (SSSR count). The lowest BCUT2D eigenvalue weighted by molar-refractivity contribution is -0.194. The highest BCUT2D eigenvalue weighted by Gasteiger charge is 2.50. The Morgan fingerprint density at radius 1 is 1.37 bits per heavy atom. The van der Waals surface area contributed by atoms with Crippen molar-refractivity contribution in [2.75, 3.05) is 6.61 Å². The minimum absolute atomic E-state index is 0.145. The van der Waals surface area contributed by atoms with E-state index in [1.807, 2.05) is 0 Å². The molecular weight excluding hydrogens is 358 g/mol. The van der Waals surface area contributed by atoms with Crippen molar-refractivity contribution >= 4 is 11.8 Å². The maximum absolute atomic E-state index is 14.0. The number of rotatable bonds is 7. The van der Waals surface area contributed by atoms with Crippen LogP contribution in [0.4, 0.5) is 8.78 Å². The predicted octanol–water partition coefficient (Wildman–Crippen LogP) is 3.66. The zero-order valence-electron chi connectivity index (χ0n) is 15.9. The van der Waals surface area contributed by atoms with Crippen LogP contribution in [0, 0.1) is 17.8 Å². The Morgan fingerprint density at radius 2 is 2.15 bits per heavy atom. The van der Waals surface area contributed by atoms with E-state index in [-0.39, 0.29) is 48.6 Å². The number of ether oxygens (including phenoxy) is 3. The van der Waals surface area contributed by atoms with E-state index < -0.39 is 18.1 Å². The molecule has 3 fully saturated rings. The summed E-state index contributed by atoms with van der Waals surface area (Å²) < 4.78 is 45.0. The molecule has 27 heavy (non-hydrogen) atoms. The fourth-order valence-corrected chi connectivity index (χ4v) is 4.26. The summed E-state index contributed by atoms with van der Waals surface area (Å²) in [6.07, 6.45) is 4.59. The summed E-state index contributed by atoms with van der Waals surface area (Å²) >= 11 is 0. The molecule has 1 saturated carbocycles. The van der Waals surface area contributed by atoms with Crippen molar-refractivity contribution in [1.82, 2.24) is 0 Å². The fraction of sp³-hybridized carbons (Fsp3) is 0.800. The lowest BCUT2D eigenvalue weighted by atomic mass is 9.90. The number of allylic oxidation sites excluding steroid dienone is 1. The molecule has 0 N–H and O–H groups in total. The number of fused-ring (bicyclic) bond motifs is 1. The summed E-state index contributed by atoms with van der Waals surface area (Å²) in [6.45, 7) is 3.95. The quantitative estimate of drug-likeness (QED) is 0.494. The lowest BCUT2D eigenvalue weighted by Crippen LogP contribution is -2.32. The molecule has 5 atom stereocenters. The van der Waals surface area contributed by atoms with Gasteiger partial charge in [0, 0.05) is 31.3 Å². The van der Waals surface area contributed by atoms with Gasteiger partial charge in [-0.1, -0.05) is 19.9 Å². The molecule has 5 nitrogen and oxygen atoms in total. The summed E-state index contributed by atoms with van der Waals surface area (Å²) in [5.41, 5.74) is 0. The summed E-state index contributed by atoms with van der Waals surface area (Å²) in [7, 11) is 0. The van der Waals surface area contributed by atoms with Crippen molar-refractivity contribution in [3.63, 3.8) is 0 Å². The van der Waals surface area contributed by atoms with Gasteiger partial charge in [0.15, 0.2) is 6.29 Å². The molecule has 1 aliphatic carbocycles. The summed E-state index contributed by atoms with van der Waals surface area (Å²) in [5, 5.41) is 0. The first kappa shape index (κ1) is 20.4. The zero-order valence-corrected chi connectivity index (χ0v) is 15.9. The molecule has 0 aromatic heterocycles. The molecule has 152 valence electrons. The van der Waals surface area contributed by atoms with Crippen molar-refractivity contribution in [1.29, 1.82) is 0 Å². The van der Waals surface area contributed by atoms with Crippen LogP contribution in [0.1, 0.15) is 52.4 Å². The largest absolute Gasteiger partial charge is 0.462 e. The summed E-state index contributed by atoms with van der Waals surface area (Å²) in [5.74, 6) is -5.61. The maximum Gasteiger partial charge on any atom is 0.309 e. The third kappa shape index (κ3) is 4.93. The van der Waals surface area contributed by atoms with Gasteiger partial charge >= 0.3 is 11.9 Å². The normalized spacial score (nSPS) is 34.3. The van der Waals surface area contributed by atoms with Crippen molar-refractivity contribution in [3.05, 3.63) is 12.2 Å². The van der Waals surface area contributed by atoms with Crippen LogP contribution in [0.3, 0.4) is 0 Å². The van der Waals surface area contributed by atoms with E-state index in [0.29, 0.717) is 13.0 Å². The second kappa shape index (κ2) is 8.35. The third-order valence-corrected chi connectivity index (χ3v) is 5.51. The molecule has 0 aromatic rings. The molecule has 1 unspecified atom stereocenters. The van der Waals surface area contributed by atoms with E-state index >= 15 is 0 Å². The van der Waals surface area contributed by atoms with E-state index in [9.17, 15) is 18.4 Å². The minimum atomic E-state index is -3.38. The van der Waals surface area contributed by atoms with Crippen LogP contribution in [0.2, 0.25) is 0 Å². The Morgan fingerprint density at radius 3 is 2.81 bits per heavy atom. The van der Waals surface area contributed by atoms with Crippen molar-refractivity contribution in [2.45, 2.75) is 76.8 Å². The number of alkyl halides is 2. The standard InChI is InChI=1S/C20H28F2O5/c1-12(2)11-20(21,22)17(23)7-6-13-14-9-18(24)26-16(14)10-15(13)27-19-5-3-4-8-25-19/h6-7,12-16,19H,3-5,8-11H2,1-2H3/t13-,14-,15-,16+,19?/m1/s1. The van der Waals surface area contributed by atoms with Crippen molar-refractivity contribution in [3.8, 4) is 0 Å². The number of carbonyl (C=O) groups excluding carboxylic acids is 2. The highest BCUT2D eigenvalue weighted by molar-refractivity contribution is 5.95. The zero-order chi connectivity index (χ0) is 19.6. The van der Waals surface area contributed by atoms with Crippen LogP contribution in [-0.2, 0) is 23.8 Å². The molecule has 0 spiro atoms. The second-order valence-corrected chi connectivity index (χ2v) is 8.21. The molecule has 7 heteroatoms. The van der Waals surface area contributed by atoms with Crippen molar-refractivity contribution < 1.29 is 32.6 Å². The number of ketones is 1. The molecule has 2 saturated heterocycles. The average Bonchev–Trinajstić information content (AvgIpc) is 3.08. The van der Waals surface area contributed by atoms with Crippen LogP contribution >= 0.6 is 0 Å². The van der Waals surface area contributed by atoms with Gasteiger partial charge in [0.25, 0.3) is 0 Å². The number of halogens is 2. The molecule has 2 aliphatic heterocycles. The first-order valence-electron chi connectivity index (χ1n) is 9.83. The topological polar surface area (TPSA) is 61.8 Å². The Labute approximate surface area is 158 Å². The SMILES string of the molecule is CC(C)CC(F)(F)C(=O)C=C[C@@H]1[C@H]2CC(=O)O[C@H]2C[C@H]1OC1CCCCO1. The maximum atomic E-state index is 14.0. The van der Waals surface area contributed by atoms with E-state index in [2.05, 4.69) is 0 Å². The molecule has 0 amide bonds. The first-order valence-corrected chi connectivity index (χ1v) is 9.83. The van der Waals surface area contributed by atoms with Crippen LogP contribution in [0.25, 0.3) is 0 Å². The molecule has 0 bridgehead atoms. The Kier molecular flexibility index (Phi) is 6.31. The monoisotopic (exact) mass is 386 g/mol. The van der Waals surface area contributed by atoms with Gasteiger partial charge in [0.2, 0.25) is 5.78 Å². The van der Waals surface area contributed by atoms with Crippen LogP contribution < -0.4 is 0 Å². The number of hydrogen-bond acceptors (Lipinski definition) is 5. The number of carbonyl (C=O) groups is 2. The van der Waals surface area contributed by atoms with E-state index in [4.69, 9.17) is 14.2 Å². The Hall–Kier alpha value is -1.34. The van der Waals surface area contributed by atoms with Gasteiger partial charge in [0.1, 0.15) is 6.10 Å². The molecule has 2 heterocycles. The van der Waals surface area contributed by atoms with Crippen molar-refractivity contribution in [2.24, 2.45) is 17.8 Å². The lowest BCUT2D eigenvalue weighted by Gasteiger charge is -2.28. The number of hydrogen-bond donors (Lipinski definition) is 0. The van der Waals surface area contributed by atoms with Gasteiger partial charge < -0.3 is 14.2 Å².